The van der Waals surface area contributed by atoms with Gasteiger partial charge in [0.2, 0.25) is 0 Å². The van der Waals surface area contributed by atoms with Gasteiger partial charge in [-0.05, 0) is 73.4 Å². The Hall–Kier alpha value is -3.60. The van der Waals surface area contributed by atoms with Crippen LogP contribution in [0.3, 0.4) is 0 Å². The standard InChI is InChI=1S/C25H26N2O3/c1-4-19-7-5-6-8-22(19)27-25(29)20-11-13-21(14-12-20)30-16-24(28)26-23-15-17(2)9-10-18(23)3/h5-15H,4,16H2,1-3H3,(H,26,28)(H,27,29). The van der Waals surface area contributed by atoms with Crippen LogP contribution in [0.1, 0.15) is 34.0 Å². The lowest BCUT2D eigenvalue weighted by molar-refractivity contribution is -0.118. The fraction of sp³-hybridized carbons (Fsp3) is 0.200. The molecule has 0 unspecified atom stereocenters. The Morgan fingerprint density at radius 3 is 2.33 bits per heavy atom. The van der Waals surface area contributed by atoms with E-state index in [0.29, 0.717) is 11.3 Å². The number of rotatable bonds is 7. The highest BCUT2D eigenvalue weighted by Gasteiger charge is 2.10. The van der Waals surface area contributed by atoms with Crippen molar-refractivity contribution in [1.82, 2.24) is 0 Å². The monoisotopic (exact) mass is 402 g/mol. The number of ether oxygens (including phenoxy) is 1. The van der Waals surface area contributed by atoms with Gasteiger partial charge in [-0.3, -0.25) is 9.59 Å². The molecule has 0 aliphatic heterocycles. The SMILES string of the molecule is CCc1ccccc1NC(=O)c1ccc(OCC(=O)Nc2cc(C)ccc2C)cc1. The van der Waals surface area contributed by atoms with E-state index in [0.717, 1.165) is 34.5 Å². The van der Waals surface area contributed by atoms with Gasteiger partial charge < -0.3 is 15.4 Å². The first kappa shape index (κ1) is 21.1. The van der Waals surface area contributed by atoms with Crippen molar-refractivity contribution in [3.63, 3.8) is 0 Å². The van der Waals surface area contributed by atoms with Crippen LogP contribution in [0.2, 0.25) is 0 Å². The number of para-hydroxylation sites is 1. The summed E-state index contributed by atoms with van der Waals surface area (Å²) in [6.45, 7) is 5.86. The summed E-state index contributed by atoms with van der Waals surface area (Å²) in [7, 11) is 0. The lowest BCUT2D eigenvalue weighted by Crippen LogP contribution is -2.20. The van der Waals surface area contributed by atoms with Crippen molar-refractivity contribution in [3.8, 4) is 5.75 Å². The Bertz CT molecular complexity index is 1040. The summed E-state index contributed by atoms with van der Waals surface area (Å²) in [5, 5.41) is 5.80. The molecule has 5 heteroatoms. The lowest BCUT2D eigenvalue weighted by Gasteiger charge is -2.11. The van der Waals surface area contributed by atoms with Crippen molar-refractivity contribution in [1.29, 1.82) is 0 Å². The summed E-state index contributed by atoms with van der Waals surface area (Å²) in [4.78, 5) is 24.7. The van der Waals surface area contributed by atoms with Gasteiger partial charge in [0.15, 0.2) is 6.61 Å². The fourth-order valence-corrected chi connectivity index (χ4v) is 3.05. The van der Waals surface area contributed by atoms with Gasteiger partial charge in [0.1, 0.15) is 5.75 Å². The molecule has 0 heterocycles. The first-order valence-corrected chi connectivity index (χ1v) is 9.95. The molecule has 3 aromatic rings. The van der Waals surface area contributed by atoms with Crippen LogP contribution < -0.4 is 15.4 Å². The Kier molecular flexibility index (Phi) is 6.86. The third-order valence-corrected chi connectivity index (χ3v) is 4.80. The van der Waals surface area contributed by atoms with E-state index in [2.05, 4.69) is 10.6 Å². The Morgan fingerprint density at radius 1 is 0.867 bits per heavy atom. The predicted molar refractivity (Wildman–Crippen MR) is 120 cm³/mol. The number of hydrogen-bond acceptors (Lipinski definition) is 3. The van der Waals surface area contributed by atoms with Crippen LogP contribution in [0, 0.1) is 13.8 Å². The minimum absolute atomic E-state index is 0.108. The molecule has 0 saturated heterocycles. The van der Waals surface area contributed by atoms with Crippen LogP contribution in [0.15, 0.2) is 66.7 Å². The normalized spacial score (nSPS) is 10.4. The Morgan fingerprint density at radius 2 is 1.60 bits per heavy atom. The summed E-state index contributed by atoms with van der Waals surface area (Å²) >= 11 is 0. The van der Waals surface area contributed by atoms with E-state index in [1.54, 1.807) is 24.3 Å². The highest BCUT2D eigenvalue weighted by atomic mass is 16.5. The van der Waals surface area contributed by atoms with Gasteiger partial charge in [-0.1, -0.05) is 37.3 Å². The van der Waals surface area contributed by atoms with Gasteiger partial charge in [0, 0.05) is 16.9 Å². The number of hydrogen-bond donors (Lipinski definition) is 2. The molecular weight excluding hydrogens is 376 g/mol. The van der Waals surface area contributed by atoms with Crippen LogP contribution in [0.4, 0.5) is 11.4 Å². The van der Waals surface area contributed by atoms with Crippen LogP contribution in [-0.2, 0) is 11.2 Å². The van der Waals surface area contributed by atoms with E-state index in [1.807, 2.05) is 63.2 Å². The van der Waals surface area contributed by atoms with E-state index >= 15 is 0 Å². The molecule has 0 radical (unpaired) electrons. The molecule has 2 amide bonds. The minimum atomic E-state index is -0.235. The van der Waals surface area contributed by atoms with Gasteiger partial charge >= 0.3 is 0 Å². The van der Waals surface area contributed by atoms with Gasteiger partial charge in [-0.2, -0.15) is 0 Å². The zero-order chi connectivity index (χ0) is 21.5. The average Bonchev–Trinajstić information content (AvgIpc) is 2.75. The summed E-state index contributed by atoms with van der Waals surface area (Å²) in [5.41, 5.74) is 5.27. The number of benzene rings is 3. The van der Waals surface area contributed by atoms with Crippen molar-refractivity contribution in [2.45, 2.75) is 27.2 Å². The number of anilines is 2. The molecule has 0 fully saturated rings. The molecule has 0 spiro atoms. The predicted octanol–water partition coefficient (Wildman–Crippen LogP) is 5.14. The second-order valence-electron chi connectivity index (χ2n) is 7.14. The van der Waals surface area contributed by atoms with Gasteiger partial charge in [-0.15, -0.1) is 0 Å². The minimum Gasteiger partial charge on any atom is -0.484 e. The average molecular weight is 402 g/mol. The maximum atomic E-state index is 12.5. The summed E-state index contributed by atoms with van der Waals surface area (Å²) in [6, 6.07) is 20.4. The topological polar surface area (TPSA) is 67.4 Å². The van der Waals surface area contributed by atoms with Gasteiger partial charge in [-0.25, -0.2) is 0 Å². The number of aryl methyl sites for hydroxylation is 3. The molecule has 0 bridgehead atoms. The molecule has 154 valence electrons. The molecule has 2 N–H and O–H groups in total. The first-order valence-electron chi connectivity index (χ1n) is 9.95. The molecular formula is C25H26N2O3. The first-order chi connectivity index (χ1) is 14.5. The summed E-state index contributed by atoms with van der Waals surface area (Å²) < 4.78 is 5.56. The molecule has 0 saturated carbocycles. The van der Waals surface area contributed by atoms with Gasteiger partial charge in [0.05, 0.1) is 0 Å². The zero-order valence-electron chi connectivity index (χ0n) is 17.5. The Labute approximate surface area is 177 Å². The van der Waals surface area contributed by atoms with E-state index < -0.39 is 0 Å². The van der Waals surface area contributed by atoms with Crippen LogP contribution in [0.5, 0.6) is 5.75 Å². The number of carbonyl (C=O) groups excluding carboxylic acids is 2. The van der Waals surface area contributed by atoms with E-state index in [1.165, 1.54) is 0 Å². The molecule has 5 nitrogen and oxygen atoms in total. The second-order valence-corrected chi connectivity index (χ2v) is 7.14. The van der Waals surface area contributed by atoms with Crippen molar-refractivity contribution in [3.05, 3.63) is 89.0 Å². The lowest BCUT2D eigenvalue weighted by atomic mass is 10.1. The molecule has 30 heavy (non-hydrogen) atoms. The quantitative estimate of drug-likeness (QED) is 0.575. The van der Waals surface area contributed by atoms with Crippen LogP contribution in [0.25, 0.3) is 0 Å². The second kappa shape index (κ2) is 9.74. The fourth-order valence-electron chi connectivity index (χ4n) is 3.05. The molecule has 3 rings (SSSR count). The molecule has 0 aliphatic carbocycles. The maximum absolute atomic E-state index is 12.5. The van der Waals surface area contributed by atoms with Crippen LogP contribution >= 0.6 is 0 Å². The van der Waals surface area contributed by atoms with Crippen molar-refractivity contribution in [2.24, 2.45) is 0 Å². The highest BCUT2D eigenvalue weighted by molar-refractivity contribution is 6.04. The van der Waals surface area contributed by atoms with E-state index in [9.17, 15) is 9.59 Å². The number of carbonyl (C=O) groups is 2. The third kappa shape index (κ3) is 5.47. The molecule has 3 aromatic carbocycles. The van der Waals surface area contributed by atoms with E-state index in [-0.39, 0.29) is 18.4 Å². The third-order valence-electron chi connectivity index (χ3n) is 4.80. The largest absolute Gasteiger partial charge is 0.484 e. The van der Waals surface area contributed by atoms with Crippen molar-refractivity contribution in [2.75, 3.05) is 17.2 Å². The molecule has 0 aromatic heterocycles. The summed E-state index contributed by atoms with van der Waals surface area (Å²) in [5.74, 6) is 0.105. The van der Waals surface area contributed by atoms with Crippen molar-refractivity contribution < 1.29 is 14.3 Å². The molecule has 0 atom stereocenters. The summed E-state index contributed by atoms with van der Waals surface area (Å²) in [6.07, 6.45) is 0.841. The van der Waals surface area contributed by atoms with Crippen molar-refractivity contribution >= 4 is 23.2 Å². The van der Waals surface area contributed by atoms with Gasteiger partial charge in [0.25, 0.3) is 11.8 Å². The zero-order valence-corrected chi connectivity index (χ0v) is 17.5. The number of amides is 2. The maximum Gasteiger partial charge on any atom is 0.262 e. The Balaban J connectivity index is 1.56. The van der Waals surface area contributed by atoms with Crippen LogP contribution in [-0.4, -0.2) is 18.4 Å². The number of nitrogens with one attached hydrogen (secondary N) is 2. The smallest absolute Gasteiger partial charge is 0.262 e. The van der Waals surface area contributed by atoms with E-state index in [4.69, 9.17) is 4.74 Å². The molecule has 0 aliphatic rings. The highest BCUT2D eigenvalue weighted by Crippen LogP contribution is 2.19.